The second-order valence-corrected chi connectivity index (χ2v) is 5.17. The van der Waals surface area contributed by atoms with Gasteiger partial charge in [-0.25, -0.2) is 0 Å². The van der Waals surface area contributed by atoms with E-state index in [2.05, 4.69) is 5.32 Å². The number of nitrogens with one attached hydrogen (secondary N) is 1. The van der Waals surface area contributed by atoms with E-state index in [0.29, 0.717) is 12.2 Å². The molecule has 1 aliphatic carbocycles. The van der Waals surface area contributed by atoms with E-state index in [1.165, 1.54) is 18.6 Å². The number of nitro groups is 1. The number of hydrogen-bond donors (Lipinski definition) is 3. The minimum absolute atomic E-state index is 0.0954. The Morgan fingerprint density at radius 1 is 1.37 bits per heavy atom. The Kier molecular flexibility index (Phi) is 3.90. The number of nitrogen functional groups attached to an aromatic ring is 1. The van der Waals surface area contributed by atoms with Crippen molar-refractivity contribution in [2.24, 2.45) is 0 Å². The molecule has 0 spiro atoms. The Hall–Kier alpha value is -1.82. The van der Waals surface area contributed by atoms with Crippen molar-refractivity contribution in [2.45, 2.75) is 37.7 Å². The van der Waals surface area contributed by atoms with Crippen molar-refractivity contribution >= 4 is 17.1 Å². The second kappa shape index (κ2) is 5.44. The predicted octanol–water partition coefficient (Wildman–Crippen LogP) is 2.28. The molecule has 0 unspecified atom stereocenters. The molecule has 6 nitrogen and oxygen atoms in total. The first-order valence-corrected chi connectivity index (χ1v) is 6.50. The van der Waals surface area contributed by atoms with Crippen LogP contribution in [0.25, 0.3) is 0 Å². The van der Waals surface area contributed by atoms with Crippen molar-refractivity contribution in [1.29, 1.82) is 0 Å². The highest BCUT2D eigenvalue weighted by Gasteiger charge is 2.28. The summed E-state index contributed by atoms with van der Waals surface area (Å²) in [6.07, 6.45) is 4.85. The Labute approximate surface area is 111 Å². The van der Waals surface area contributed by atoms with E-state index in [1.807, 2.05) is 0 Å². The summed E-state index contributed by atoms with van der Waals surface area (Å²) in [5, 5.41) is 24.1. The molecule has 1 aromatic rings. The Morgan fingerprint density at radius 2 is 2.05 bits per heavy atom. The number of aliphatic hydroxyl groups is 1. The predicted molar refractivity (Wildman–Crippen MR) is 74.0 cm³/mol. The van der Waals surface area contributed by atoms with Crippen LogP contribution in [0.5, 0.6) is 0 Å². The largest absolute Gasteiger partial charge is 0.393 e. The van der Waals surface area contributed by atoms with E-state index < -0.39 is 10.5 Å². The van der Waals surface area contributed by atoms with Gasteiger partial charge in [0.1, 0.15) is 5.69 Å². The Bertz CT molecular complexity index is 470. The van der Waals surface area contributed by atoms with Crippen molar-refractivity contribution in [3.05, 3.63) is 28.3 Å². The smallest absolute Gasteiger partial charge is 0.292 e. The number of nitrogens with two attached hydrogens (primary N) is 1. The SMILES string of the molecule is Nc1cc(NCC2(O)CCCCC2)ccc1[N+](=O)[O-]. The summed E-state index contributed by atoms with van der Waals surface area (Å²) in [4.78, 5) is 10.1. The zero-order chi connectivity index (χ0) is 13.9. The lowest BCUT2D eigenvalue weighted by Gasteiger charge is -2.32. The Balaban J connectivity index is 2.00. The molecule has 19 heavy (non-hydrogen) atoms. The van der Waals surface area contributed by atoms with Gasteiger partial charge in [-0.05, 0) is 25.0 Å². The lowest BCUT2D eigenvalue weighted by molar-refractivity contribution is -0.383. The van der Waals surface area contributed by atoms with Gasteiger partial charge in [0.05, 0.1) is 10.5 Å². The van der Waals surface area contributed by atoms with Gasteiger partial charge < -0.3 is 16.2 Å². The van der Waals surface area contributed by atoms with Gasteiger partial charge in [0.15, 0.2) is 0 Å². The standard InChI is InChI=1S/C13H19N3O3/c14-11-8-10(4-5-12(11)16(18)19)15-9-13(17)6-2-1-3-7-13/h4-5,8,15,17H,1-3,6-7,9,14H2. The van der Waals surface area contributed by atoms with Crippen molar-refractivity contribution in [3.63, 3.8) is 0 Å². The fraction of sp³-hybridized carbons (Fsp3) is 0.538. The van der Waals surface area contributed by atoms with Crippen LogP contribution in [0.4, 0.5) is 17.1 Å². The monoisotopic (exact) mass is 265 g/mol. The number of hydrogen-bond acceptors (Lipinski definition) is 5. The molecular formula is C13H19N3O3. The van der Waals surface area contributed by atoms with E-state index in [4.69, 9.17) is 5.73 Å². The van der Waals surface area contributed by atoms with Crippen LogP contribution in [0.3, 0.4) is 0 Å². The fourth-order valence-corrected chi connectivity index (χ4v) is 2.48. The van der Waals surface area contributed by atoms with Crippen LogP contribution in [0.2, 0.25) is 0 Å². The zero-order valence-corrected chi connectivity index (χ0v) is 10.8. The molecular weight excluding hydrogens is 246 g/mol. The molecule has 4 N–H and O–H groups in total. The molecule has 0 heterocycles. The number of nitro benzene ring substituents is 1. The molecule has 104 valence electrons. The first-order chi connectivity index (χ1) is 9.00. The molecule has 6 heteroatoms. The quantitative estimate of drug-likeness (QED) is 0.440. The van der Waals surface area contributed by atoms with Gasteiger partial charge in [-0.3, -0.25) is 10.1 Å². The highest BCUT2D eigenvalue weighted by atomic mass is 16.6. The van der Waals surface area contributed by atoms with Gasteiger partial charge in [-0.15, -0.1) is 0 Å². The summed E-state index contributed by atoms with van der Waals surface area (Å²) in [5.41, 5.74) is 5.68. The van der Waals surface area contributed by atoms with Crippen LogP contribution in [-0.4, -0.2) is 22.2 Å². The van der Waals surface area contributed by atoms with Crippen molar-refractivity contribution in [2.75, 3.05) is 17.6 Å². The summed E-state index contributed by atoms with van der Waals surface area (Å²) >= 11 is 0. The van der Waals surface area contributed by atoms with Crippen LogP contribution < -0.4 is 11.1 Å². The maximum Gasteiger partial charge on any atom is 0.292 e. The van der Waals surface area contributed by atoms with Crippen molar-refractivity contribution < 1.29 is 10.0 Å². The molecule has 2 rings (SSSR count). The summed E-state index contributed by atoms with van der Waals surface area (Å²) in [6.45, 7) is 0.449. The molecule has 0 aromatic heterocycles. The van der Waals surface area contributed by atoms with Gasteiger partial charge in [-0.1, -0.05) is 19.3 Å². The molecule has 1 aromatic carbocycles. The maximum absolute atomic E-state index is 10.7. The molecule has 1 saturated carbocycles. The molecule has 0 saturated heterocycles. The molecule has 1 aliphatic rings. The van der Waals surface area contributed by atoms with E-state index in [9.17, 15) is 15.2 Å². The topological polar surface area (TPSA) is 101 Å². The lowest BCUT2D eigenvalue weighted by Crippen LogP contribution is -2.38. The van der Waals surface area contributed by atoms with E-state index >= 15 is 0 Å². The molecule has 1 fully saturated rings. The summed E-state index contributed by atoms with van der Waals surface area (Å²) in [5.74, 6) is 0. The fourth-order valence-electron chi connectivity index (χ4n) is 2.48. The molecule has 0 aliphatic heterocycles. The van der Waals surface area contributed by atoms with Crippen LogP contribution in [0.1, 0.15) is 32.1 Å². The zero-order valence-electron chi connectivity index (χ0n) is 10.8. The highest BCUT2D eigenvalue weighted by molar-refractivity contribution is 5.65. The first kappa shape index (κ1) is 13.6. The van der Waals surface area contributed by atoms with Gasteiger partial charge in [0, 0.05) is 18.3 Å². The normalized spacial score (nSPS) is 17.9. The third kappa shape index (κ3) is 3.35. The molecule has 0 atom stereocenters. The van der Waals surface area contributed by atoms with Gasteiger partial charge >= 0.3 is 0 Å². The molecule has 0 amide bonds. The first-order valence-electron chi connectivity index (χ1n) is 6.50. The lowest BCUT2D eigenvalue weighted by atomic mass is 9.85. The van der Waals surface area contributed by atoms with Crippen LogP contribution in [0.15, 0.2) is 18.2 Å². The van der Waals surface area contributed by atoms with Crippen LogP contribution in [-0.2, 0) is 0 Å². The minimum Gasteiger partial charge on any atom is -0.393 e. The Morgan fingerprint density at radius 3 is 2.63 bits per heavy atom. The second-order valence-electron chi connectivity index (χ2n) is 5.17. The summed E-state index contributed by atoms with van der Waals surface area (Å²) < 4.78 is 0. The van der Waals surface area contributed by atoms with E-state index in [0.717, 1.165) is 25.7 Å². The van der Waals surface area contributed by atoms with Crippen molar-refractivity contribution in [1.82, 2.24) is 0 Å². The van der Waals surface area contributed by atoms with Crippen LogP contribution >= 0.6 is 0 Å². The third-order valence-electron chi connectivity index (χ3n) is 3.63. The van der Waals surface area contributed by atoms with Gasteiger partial charge in [0.25, 0.3) is 5.69 Å². The third-order valence-corrected chi connectivity index (χ3v) is 3.63. The molecule has 0 bridgehead atoms. The van der Waals surface area contributed by atoms with Crippen LogP contribution in [0, 0.1) is 10.1 Å². The van der Waals surface area contributed by atoms with Gasteiger partial charge in [-0.2, -0.15) is 0 Å². The summed E-state index contributed by atoms with van der Waals surface area (Å²) in [6, 6.07) is 4.52. The number of benzene rings is 1. The maximum atomic E-state index is 10.7. The average Bonchev–Trinajstić information content (AvgIpc) is 2.37. The van der Waals surface area contributed by atoms with E-state index in [-0.39, 0.29) is 11.4 Å². The number of anilines is 2. The van der Waals surface area contributed by atoms with Crippen molar-refractivity contribution in [3.8, 4) is 0 Å². The number of nitrogens with zero attached hydrogens (tertiary/aromatic N) is 1. The van der Waals surface area contributed by atoms with Gasteiger partial charge in [0.2, 0.25) is 0 Å². The van der Waals surface area contributed by atoms with E-state index in [1.54, 1.807) is 6.07 Å². The summed E-state index contributed by atoms with van der Waals surface area (Å²) in [7, 11) is 0. The highest BCUT2D eigenvalue weighted by Crippen LogP contribution is 2.29. The number of rotatable bonds is 4. The molecule has 0 radical (unpaired) electrons. The average molecular weight is 265 g/mol. The minimum atomic E-state index is -0.672.